The van der Waals surface area contributed by atoms with Gasteiger partial charge >= 0.3 is 0 Å². The Hall–Kier alpha value is -2.56. The number of carbonyl (C=O) groups excluding carboxylic acids is 1. The zero-order valence-corrected chi connectivity index (χ0v) is 11.7. The third kappa shape index (κ3) is 4.80. The van der Waals surface area contributed by atoms with Crippen LogP contribution >= 0.6 is 0 Å². The molecule has 0 aliphatic heterocycles. The molecule has 110 valence electrons. The molecule has 0 bridgehead atoms. The number of benzene rings is 2. The predicted molar refractivity (Wildman–Crippen MR) is 81.1 cm³/mol. The number of hydrogen-bond donors (Lipinski definition) is 2. The van der Waals surface area contributed by atoms with E-state index in [1.807, 2.05) is 19.1 Å². The highest BCUT2D eigenvalue weighted by Crippen LogP contribution is 2.17. The Labute approximate surface area is 122 Å². The Bertz CT molecular complexity index is 599. The fraction of sp³-hybridized carbons (Fsp3) is 0.188. The highest BCUT2D eigenvalue weighted by atomic mass is 19.1. The molecule has 0 aliphatic carbocycles. The Morgan fingerprint density at radius 3 is 2.62 bits per heavy atom. The number of carbonyl (C=O) groups is 1. The van der Waals surface area contributed by atoms with E-state index >= 15 is 0 Å². The summed E-state index contributed by atoms with van der Waals surface area (Å²) in [6.45, 7) is 2.58. The SMILES string of the molecule is CCOc1cccc(NC(=O)CNc2ccc(F)cc2)c1. The van der Waals surface area contributed by atoms with Crippen LogP contribution in [-0.4, -0.2) is 19.1 Å². The molecule has 0 saturated carbocycles. The van der Waals surface area contributed by atoms with Crippen LogP contribution in [0.25, 0.3) is 0 Å². The van der Waals surface area contributed by atoms with Crippen LogP contribution in [0.3, 0.4) is 0 Å². The van der Waals surface area contributed by atoms with E-state index in [1.54, 1.807) is 24.3 Å². The summed E-state index contributed by atoms with van der Waals surface area (Å²) < 4.78 is 18.1. The maximum absolute atomic E-state index is 12.8. The van der Waals surface area contributed by atoms with Gasteiger partial charge in [-0.3, -0.25) is 4.79 Å². The molecule has 1 amide bonds. The molecular weight excluding hydrogens is 271 g/mol. The van der Waals surface area contributed by atoms with E-state index in [9.17, 15) is 9.18 Å². The van der Waals surface area contributed by atoms with Crippen molar-refractivity contribution >= 4 is 17.3 Å². The second-order valence-electron chi connectivity index (χ2n) is 4.37. The Kier molecular flexibility index (Phi) is 5.15. The predicted octanol–water partition coefficient (Wildman–Crippen LogP) is 3.28. The minimum absolute atomic E-state index is 0.102. The zero-order chi connectivity index (χ0) is 15.1. The van der Waals surface area contributed by atoms with Crippen molar-refractivity contribution in [1.29, 1.82) is 0 Å². The summed E-state index contributed by atoms with van der Waals surface area (Å²) in [6.07, 6.45) is 0. The second kappa shape index (κ2) is 7.28. The molecule has 5 heteroatoms. The monoisotopic (exact) mass is 288 g/mol. The van der Waals surface area contributed by atoms with Crippen LogP contribution in [0.1, 0.15) is 6.92 Å². The molecule has 0 unspecified atom stereocenters. The largest absolute Gasteiger partial charge is 0.494 e. The van der Waals surface area contributed by atoms with Crippen LogP contribution in [0.4, 0.5) is 15.8 Å². The second-order valence-corrected chi connectivity index (χ2v) is 4.37. The molecule has 0 aromatic heterocycles. The van der Waals surface area contributed by atoms with E-state index in [0.717, 1.165) is 0 Å². The van der Waals surface area contributed by atoms with Crippen molar-refractivity contribution in [2.24, 2.45) is 0 Å². The molecule has 4 nitrogen and oxygen atoms in total. The number of ether oxygens (including phenoxy) is 1. The fourth-order valence-corrected chi connectivity index (χ4v) is 1.79. The smallest absolute Gasteiger partial charge is 0.243 e. The first-order valence-electron chi connectivity index (χ1n) is 6.69. The summed E-state index contributed by atoms with van der Waals surface area (Å²) in [5.74, 6) is 0.215. The van der Waals surface area contributed by atoms with E-state index in [2.05, 4.69) is 10.6 Å². The normalized spacial score (nSPS) is 10.0. The summed E-state index contributed by atoms with van der Waals surface area (Å²) in [5.41, 5.74) is 1.36. The maximum Gasteiger partial charge on any atom is 0.243 e. The van der Waals surface area contributed by atoms with Gasteiger partial charge in [0.15, 0.2) is 0 Å². The lowest BCUT2D eigenvalue weighted by atomic mass is 10.3. The van der Waals surface area contributed by atoms with Gasteiger partial charge in [-0.05, 0) is 43.3 Å². The molecule has 0 fully saturated rings. The van der Waals surface area contributed by atoms with Crippen molar-refractivity contribution < 1.29 is 13.9 Å². The number of anilines is 2. The first-order chi connectivity index (χ1) is 10.2. The third-order valence-corrected chi connectivity index (χ3v) is 2.73. The van der Waals surface area contributed by atoms with Crippen molar-refractivity contribution in [1.82, 2.24) is 0 Å². The molecule has 0 atom stereocenters. The molecule has 2 N–H and O–H groups in total. The molecular formula is C16H17FN2O2. The van der Waals surface area contributed by atoms with Gasteiger partial charge in [0, 0.05) is 17.4 Å². The van der Waals surface area contributed by atoms with E-state index in [0.29, 0.717) is 23.7 Å². The molecule has 21 heavy (non-hydrogen) atoms. The Morgan fingerprint density at radius 1 is 1.14 bits per heavy atom. The minimum atomic E-state index is -0.308. The summed E-state index contributed by atoms with van der Waals surface area (Å²) >= 11 is 0. The van der Waals surface area contributed by atoms with Crippen LogP contribution in [0.15, 0.2) is 48.5 Å². The maximum atomic E-state index is 12.8. The summed E-state index contributed by atoms with van der Waals surface area (Å²) in [7, 11) is 0. The fourth-order valence-electron chi connectivity index (χ4n) is 1.79. The highest BCUT2D eigenvalue weighted by molar-refractivity contribution is 5.93. The molecule has 0 aliphatic rings. The molecule has 0 saturated heterocycles. The van der Waals surface area contributed by atoms with E-state index < -0.39 is 0 Å². The first-order valence-corrected chi connectivity index (χ1v) is 6.69. The van der Waals surface area contributed by atoms with Crippen LogP contribution in [0, 0.1) is 5.82 Å². The number of nitrogens with one attached hydrogen (secondary N) is 2. The average molecular weight is 288 g/mol. The number of hydrogen-bond acceptors (Lipinski definition) is 3. The Balaban J connectivity index is 1.86. The van der Waals surface area contributed by atoms with E-state index in [-0.39, 0.29) is 18.3 Å². The van der Waals surface area contributed by atoms with Crippen molar-refractivity contribution in [2.45, 2.75) is 6.92 Å². The van der Waals surface area contributed by atoms with Crippen LogP contribution < -0.4 is 15.4 Å². The number of rotatable bonds is 6. The number of halogens is 1. The first kappa shape index (κ1) is 14.8. The van der Waals surface area contributed by atoms with Crippen molar-refractivity contribution in [3.63, 3.8) is 0 Å². The number of amides is 1. The molecule has 2 aromatic rings. The standard InChI is InChI=1S/C16H17FN2O2/c1-2-21-15-5-3-4-14(10-15)19-16(20)11-18-13-8-6-12(17)7-9-13/h3-10,18H,2,11H2,1H3,(H,19,20). The molecule has 2 aromatic carbocycles. The van der Waals surface area contributed by atoms with Crippen molar-refractivity contribution in [3.05, 3.63) is 54.3 Å². The van der Waals surface area contributed by atoms with Gasteiger partial charge in [-0.25, -0.2) is 4.39 Å². The summed E-state index contributed by atoms with van der Waals surface area (Å²) in [5, 5.41) is 5.69. The lowest BCUT2D eigenvalue weighted by molar-refractivity contribution is -0.114. The van der Waals surface area contributed by atoms with Gasteiger partial charge in [0.2, 0.25) is 5.91 Å². The van der Waals surface area contributed by atoms with Crippen LogP contribution in [-0.2, 0) is 4.79 Å². The molecule has 0 heterocycles. The third-order valence-electron chi connectivity index (χ3n) is 2.73. The van der Waals surface area contributed by atoms with Crippen molar-refractivity contribution in [2.75, 3.05) is 23.8 Å². The quantitative estimate of drug-likeness (QED) is 0.857. The van der Waals surface area contributed by atoms with Gasteiger partial charge in [0.25, 0.3) is 0 Å². The van der Waals surface area contributed by atoms with Gasteiger partial charge in [0.1, 0.15) is 11.6 Å². The van der Waals surface area contributed by atoms with Gasteiger partial charge in [-0.1, -0.05) is 6.07 Å². The minimum Gasteiger partial charge on any atom is -0.494 e. The molecule has 0 radical (unpaired) electrons. The van der Waals surface area contributed by atoms with Crippen LogP contribution in [0.5, 0.6) is 5.75 Å². The lowest BCUT2D eigenvalue weighted by Gasteiger charge is -2.09. The highest BCUT2D eigenvalue weighted by Gasteiger charge is 2.03. The topological polar surface area (TPSA) is 50.4 Å². The molecule has 2 rings (SSSR count). The average Bonchev–Trinajstić information content (AvgIpc) is 2.47. The van der Waals surface area contributed by atoms with Gasteiger partial charge in [-0.2, -0.15) is 0 Å². The zero-order valence-electron chi connectivity index (χ0n) is 11.7. The van der Waals surface area contributed by atoms with Gasteiger partial charge in [-0.15, -0.1) is 0 Å². The Morgan fingerprint density at radius 2 is 1.90 bits per heavy atom. The lowest BCUT2D eigenvalue weighted by Crippen LogP contribution is -2.21. The van der Waals surface area contributed by atoms with E-state index in [1.165, 1.54) is 12.1 Å². The summed E-state index contributed by atoms with van der Waals surface area (Å²) in [6, 6.07) is 13.0. The van der Waals surface area contributed by atoms with Gasteiger partial charge < -0.3 is 15.4 Å². The summed E-state index contributed by atoms with van der Waals surface area (Å²) in [4.78, 5) is 11.8. The van der Waals surface area contributed by atoms with Crippen molar-refractivity contribution in [3.8, 4) is 5.75 Å². The van der Waals surface area contributed by atoms with Crippen LogP contribution in [0.2, 0.25) is 0 Å². The molecule has 0 spiro atoms. The van der Waals surface area contributed by atoms with E-state index in [4.69, 9.17) is 4.74 Å². The van der Waals surface area contributed by atoms with Gasteiger partial charge in [0.05, 0.1) is 13.2 Å².